The molecule has 0 spiro atoms. The van der Waals surface area contributed by atoms with Gasteiger partial charge in [-0.15, -0.1) is 24.0 Å². The van der Waals surface area contributed by atoms with E-state index in [0.29, 0.717) is 6.61 Å². The van der Waals surface area contributed by atoms with Crippen LogP contribution >= 0.6 is 24.0 Å². The summed E-state index contributed by atoms with van der Waals surface area (Å²) >= 11 is 0. The summed E-state index contributed by atoms with van der Waals surface area (Å²) in [4.78, 5) is 4.32. The summed E-state index contributed by atoms with van der Waals surface area (Å²) in [5, 5.41) is 6.80. The molecule has 0 amide bonds. The van der Waals surface area contributed by atoms with Crippen molar-refractivity contribution in [1.82, 2.24) is 10.6 Å². The van der Waals surface area contributed by atoms with Gasteiger partial charge in [0.2, 0.25) is 0 Å². The van der Waals surface area contributed by atoms with Gasteiger partial charge in [0.15, 0.2) is 5.96 Å². The molecule has 0 saturated carbocycles. The summed E-state index contributed by atoms with van der Waals surface area (Å²) in [6.45, 7) is 6.65. The van der Waals surface area contributed by atoms with Crippen molar-refractivity contribution in [2.45, 2.75) is 32.4 Å². The Bertz CT molecular complexity index is 669. The molecule has 0 radical (unpaired) electrons. The maximum absolute atomic E-state index is 5.14. The maximum Gasteiger partial charge on any atom is 0.191 e. The molecule has 142 valence electrons. The molecule has 0 saturated heterocycles. The van der Waals surface area contributed by atoms with Gasteiger partial charge in [0.25, 0.3) is 0 Å². The summed E-state index contributed by atoms with van der Waals surface area (Å²) in [6, 6.07) is 19.0. The lowest BCUT2D eigenvalue weighted by atomic mass is 9.85. The minimum atomic E-state index is 0. The number of aliphatic imine (C=N–C) groups is 1. The summed E-state index contributed by atoms with van der Waals surface area (Å²) in [5.41, 5.74) is 3.73. The van der Waals surface area contributed by atoms with Crippen molar-refractivity contribution in [3.63, 3.8) is 0 Å². The van der Waals surface area contributed by atoms with Crippen LogP contribution < -0.4 is 10.6 Å². The minimum Gasteiger partial charge on any atom is -0.380 e. The van der Waals surface area contributed by atoms with Gasteiger partial charge < -0.3 is 15.4 Å². The van der Waals surface area contributed by atoms with Gasteiger partial charge in [-0.2, -0.15) is 0 Å². The second-order valence-corrected chi connectivity index (χ2v) is 6.78. The molecule has 26 heavy (non-hydrogen) atoms. The Morgan fingerprint density at radius 3 is 2.15 bits per heavy atom. The molecule has 0 aliphatic carbocycles. The maximum atomic E-state index is 5.14. The second-order valence-electron chi connectivity index (χ2n) is 6.78. The molecule has 0 bridgehead atoms. The standard InChI is InChI=1S/C21H29N3O.HI/c1-21(2,19-8-6-5-7-9-19)16-24-20(22-3)23-14-17-10-12-18(13-11-17)15-25-4;/h5-13H,14-16H2,1-4H3,(H2,22,23,24);1H. The highest BCUT2D eigenvalue weighted by molar-refractivity contribution is 14.0. The Labute approximate surface area is 174 Å². The van der Waals surface area contributed by atoms with Crippen molar-refractivity contribution in [2.24, 2.45) is 4.99 Å². The van der Waals surface area contributed by atoms with Gasteiger partial charge in [0.05, 0.1) is 6.61 Å². The molecule has 4 nitrogen and oxygen atoms in total. The second kappa shape index (κ2) is 11.2. The molecule has 0 unspecified atom stereocenters. The smallest absolute Gasteiger partial charge is 0.191 e. The first-order valence-electron chi connectivity index (χ1n) is 8.62. The zero-order chi connectivity index (χ0) is 18.1. The number of nitrogens with zero attached hydrogens (tertiary/aromatic N) is 1. The summed E-state index contributed by atoms with van der Waals surface area (Å²) in [6.07, 6.45) is 0. The van der Waals surface area contributed by atoms with Crippen molar-refractivity contribution in [3.05, 3.63) is 71.3 Å². The van der Waals surface area contributed by atoms with Crippen LogP contribution in [-0.4, -0.2) is 26.7 Å². The zero-order valence-corrected chi connectivity index (χ0v) is 18.4. The van der Waals surface area contributed by atoms with Gasteiger partial charge in [0, 0.05) is 32.7 Å². The molecule has 2 aromatic carbocycles. The number of ether oxygens (including phenoxy) is 1. The van der Waals surface area contributed by atoms with Crippen molar-refractivity contribution in [3.8, 4) is 0 Å². The highest BCUT2D eigenvalue weighted by atomic mass is 127. The summed E-state index contributed by atoms with van der Waals surface area (Å²) < 4.78 is 5.14. The van der Waals surface area contributed by atoms with E-state index in [2.05, 4.69) is 78.0 Å². The quantitative estimate of drug-likeness (QED) is 0.366. The fourth-order valence-electron chi connectivity index (χ4n) is 2.62. The van der Waals surface area contributed by atoms with Crippen molar-refractivity contribution in [2.75, 3.05) is 20.7 Å². The molecular formula is C21H30IN3O. The van der Waals surface area contributed by atoms with Crippen LogP contribution in [0.1, 0.15) is 30.5 Å². The van der Waals surface area contributed by atoms with Crippen LogP contribution in [-0.2, 0) is 23.3 Å². The monoisotopic (exact) mass is 467 g/mol. The summed E-state index contributed by atoms with van der Waals surface area (Å²) in [5.74, 6) is 0.810. The molecule has 0 heterocycles. The van der Waals surface area contributed by atoms with Crippen LogP contribution in [0.25, 0.3) is 0 Å². The average Bonchev–Trinajstić information content (AvgIpc) is 2.64. The minimum absolute atomic E-state index is 0. The Balaban J connectivity index is 0.00000338. The Morgan fingerprint density at radius 1 is 0.962 bits per heavy atom. The van der Waals surface area contributed by atoms with Crippen LogP contribution in [0.2, 0.25) is 0 Å². The number of guanidine groups is 1. The molecule has 5 heteroatoms. The molecule has 0 atom stereocenters. The van der Waals surface area contributed by atoms with E-state index < -0.39 is 0 Å². The number of halogens is 1. The van der Waals surface area contributed by atoms with Crippen LogP contribution in [0.4, 0.5) is 0 Å². The van der Waals surface area contributed by atoms with Crippen LogP contribution in [0.5, 0.6) is 0 Å². The van der Waals surface area contributed by atoms with Gasteiger partial charge >= 0.3 is 0 Å². The Morgan fingerprint density at radius 2 is 1.58 bits per heavy atom. The highest BCUT2D eigenvalue weighted by Gasteiger charge is 2.20. The van der Waals surface area contributed by atoms with Gasteiger partial charge in [-0.3, -0.25) is 4.99 Å². The van der Waals surface area contributed by atoms with Crippen molar-refractivity contribution < 1.29 is 4.74 Å². The van der Waals surface area contributed by atoms with E-state index in [4.69, 9.17) is 4.74 Å². The fraction of sp³-hybridized carbons (Fsp3) is 0.381. The number of rotatable bonds is 7. The van der Waals surface area contributed by atoms with Crippen LogP contribution in [0.15, 0.2) is 59.6 Å². The predicted molar refractivity (Wildman–Crippen MR) is 120 cm³/mol. The van der Waals surface area contributed by atoms with Gasteiger partial charge in [-0.1, -0.05) is 68.4 Å². The van der Waals surface area contributed by atoms with Crippen molar-refractivity contribution in [1.29, 1.82) is 0 Å². The van der Waals surface area contributed by atoms with Crippen molar-refractivity contribution >= 4 is 29.9 Å². The molecule has 2 aromatic rings. The first-order chi connectivity index (χ1) is 12.0. The number of nitrogens with one attached hydrogen (secondary N) is 2. The number of hydrogen-bond donors (Lipinski definition) is 2. The molecular weight excluding hydrogens is 437 g/mol. The van der Waals surface area contributed by atoms with Crippen LogP contribution in [0, 0.1) is 0 Å². The zero-order valence-electron chi connectivity index (χ0n) is 16.1. The SMILES string of the molecule is CN=C(NCc1ccc(COC)cc1)NCC(C)(C)c1ccccc1.I. The lowest BCUT2D eigenvalue weighted by Gasteiger charge is -2.26. The molecule has 0 aromatic heterocycles. The third kappa shape index (κ3) is 6.96. The third-order valence-corrected chi connectivity index (χ3v) is 4.27. The molecule has 0 fully saturated rings. The normalized spacial score (nSPS) is 11.6. The van der Waals surface area contributed by atoms with E-state index >= 15 is 0 Å². The lowest BCUT2D eigenvalue weighted by Crippen LogP contribution is -2.43. The highest BCUT2D eigenvalue weighted by Crippen LogP contribution is 2.21. The van der Waals surface area contributed by atoms with E-state index in [9.17, 15) is 0 Å². The van der Waals surface area contributed by atoms with E-state index in [1.807, 2.05) is 6.07 Å². The Kier molecular flexibility index (Phi) is 9.65. The number of methoxy groups -OCH3 is 1. The molecule has 2 rings (SSSR count). The largest absolute Gasteiger partial charge is 0.380 e. The van der Waals surface area contributed by atoms with Gasteiger partial charge in [0.1, 0.15) is 0 Å². The molecule has 0 aliphatic rings. The Hall–Kier alpha value is -1.60. The number of hydrogen-bond acceptors (Lipinski definition) is 2. The average molecular weight is 467 g/mol. The number of benzene rings is 2. The lowest BCUT2D eigenvalue weighted by molar-refractivity contribution is 0.185. The van der Waals surface area contributed by atoms with E-state index in [0.717, 1.165) is 19.0 Å². The fourth-order valence-corrected chi connectivity index (χ4v) is 2.62. The van der Waals surface area contributed by atoms with E-state index in [1.165, 1.54) is 16.7 Å². The topological polar surface area (TPSA) is 45.7 Å². The molecule has 2 N–H and O–H groups in total. The van der Waals surface area contributed by atoms with Gasteiger partial charge in [-0.05, 0) is 16.7 Å². The third-order valence-electron chi connectivity index (χ3n) is 4.27. The first kappa shape index (κ1) is 22.4. The summed E-state index contributed by atoms with van der Waals surface area (Å²) in [7, 11) is 3.51. The van der Waals surface area contributed by atoms with E-state index in [-0.39, 0.29) is 29.4 Å². The van der Waals surface area contributed by atoms with E-state index in [1.54, 1.807) is 14.2 Å². The van der Waals surface area contributed by atoms with Gasteiger partial charge in [-0.25, -0.2) is 0 Å². The first-order valence-corrected chi connectivity index (χ1v) is 8.62. The molecule has 0 aliphatic heterocycles. The predicted octanol–water partition coefficient (Wildman–Crippen LogP) is 4.09. The van der Waals surface area contributed by atoms with Crippen LogP contribution in [0.3, 0.4) is 0 Å².